The Morgan fingerprint density at radius 2 is 1.31 bits per heavy atom. The van der Waals surface area contributed by atoms with Crippen molar-refractivity contribution in [2.24, 2.45) is 0 Å². The van der Waals surface area contributed by atoms with Gasteiger partial charge >= 0.3 is 0 Å². The number of dihydropyridines is 1. The highest BCUT2D eigenvalue weighted by Gasteiger charge is 2.39. The number of thioether (sulfide) groups is 1. The third kappa shape index (κ3) is 6.04. The first-order chi connectivity index (χ1) is 20.3. The molecule has 0 spiro atoms. The minimum atomic E-state index is -0.819. The van der Waals surface area contributed by atoms with Crippen molar-refractivity contribution >= 4 is 63.8 Å². The summed E-state index contributed by atoms with van der Waals surface area (Å²) in [4.78, 5) is 32.7. The van der Waals surface area contributed by atoms with Crippen molar-refractivity contribution in [3.8, 4) is 0 Å². The van der Waals surface area contributed by atoms with E-state index in [0.717, 1.165) is 5.69 Å². The van der Waals surface area contributed by atoms with Crippen LogP contribution in [0.4, 0.5) is 17.1 Å². The number of benzene rings is 3. The Labute approximate surface area is 258 Å². The van der Waals surface area contributed by atoms with E-state index in [1.54, 1.807) is 54.7 Å². The number of allylic oxidation sites excluding steroid dienone is 2. The SMILES string of the molecule is CSc1ncc(C2C(C(=O)Nc3ccccc3Cl)=C(C)NC(C)=C2C(=O)Nc2ccccc2Cl)n1Nc1ccccc1. The normalized spacial score (nSPS) is 13.5. The minimum absolute atomic E-state index is 0.341. The summed E-state index contributed by atoms with van der Waals surface area (Å²) in [6.45, 7) is 3.61. The maximum absolute atomic E-state index is 14.0. The fourth-order valence-corrected chi connectivity index (χ4v) is 5.70. The van der Waals surface area contributed by atoms with Gasteiger partial charge in [-0.1, -0.05) is 77.4 Å². The highest BCUT2D eigenvalue weighted by molar-refractivity contribution is 7.98. The van der Waals surface area contributed by atoms with E-state index in [1.807, 2.05) is 55.1 Å². The Bertz CT molecular complexity index is 1640. The van der Waals surface area contributed by atoms with Crippen LogP contribution < -0.4 is 21.4 Å². The van der Waals surface area contributed by atoms with Crippen LogP contribution in [0.25, 0.3) is 0 Å². The molecule has 1 aliphatic heterocycles. The van der Waals surface area contributed by atoms with E-state index < -0.39 is 17.7 Å². The Hall–Kier alpha value is -4.18. The maximum Gasteiger partial charge on any atom is 0.254 e. The Balaban J connectivity index is 1.65. The standard InChI is InChI=1S/C31H28Cl2N6O2S/c1-18-26(29(40)36-23-15-9-7-13-21(23)32)28(25-17-34-31(42-3)39(25)38-20-11-5-4-6-12-20)27(19(2)35-18)30(41)37-24-16-10-8-14-22(24)33/h4-17,28,35,38H,1-3H3,(H,36,40)(H,37,41). The van der Waals surface area contributed by atoms with E-state index in [0.29, 0.717) is 54.8 Å². The number of anilines is 3. The van der Waals surface area contributed by atoms with Crippen LogP contribution in [0, 0.1) is 0 Å². The lowest BCUT2D eigenvalue weighted by Crippen LogP contribution is -2.36. The van der Waals surface area contributed by atoms with E-state index in [4.69, 9.17) is 23.2 Å². The van der Waals surface area contributed by atoms with Crippen molar-refractivity contribution in [2.45, 2.75) is 24.9 Å². The van der Waals surface area contributed by atoms with Gasteiger partial charge in [-0.3, -0.25) is 15.0 Å². The molecule has 0 saturated heterocycles. The molecule has 8 nitrogen and oxygen atoms in total. The fraction of sp³-hybridized carbons (Fsp3) is 0.129. The van der Waals surface area contributed by atoms with Crippen molar-refractivity contribution in [1.82, 2.24) is 15.0 Å². The summed E-state index contributed by atoms with van der Waals surface area (Å²) >= 11 is 14.2. The van der Waals surface area contributed by atoms with Gasteiger partial charge in [-0.15, -0.1) is 0 Å². The van der Waals surface area contributed by atoms with Gasteiger partial charge in [0.1, 0.15) is 0 Å². The molecule has 42 heavy (non-hydrogen) atoms. The van der Waals surface area contributed by atoms with E-state index in [-0.39, 0.29) is 0 Å². The van der Waals surface area contributed by atoms with Crippen LogP contribution in [0.15, 0.2) is 113 Å². The molecule has 0 atom stereocenters. The number of aromatic nitrogens is 2. The summed E-state index contributed by atoms with van der Waals surface area (Å²) in [5.41, 5.74) is 7.58. The zero-order valence-corrected chi connectivity index (χ0v) is 25.4. The molecule has 0 radical (unpaired) electrons. The van der Waals surface area contributed by atoms with Gasteiger partial charge in [-0.05, 0) is 56.5 Å². The van der Waals surface area contributed by atoms with Gasteiger partial charge in [0.05, 0.1) is 44.9 Å². The van der Waals surface area contributed by atoms with E-state index in [1.165, 1.54) is 11.8 Å². The van der Waals surface area contributed by atoms with Crippen LogP contribution in [0.1, 0.15) is 25.5 Å². The zero-order valence-electron chi connectivity index (χ0n) is 23.0. The molecule has 11 heteroatoms. The van der Waals surface area contributed by atoms with Gasteiger partial charge < -0.3 is 16.0 Å². The Morgan fingerprint density at radius 1 is 0.810 bits per heavy atom. The molecule has 5 rings (SSSR count). The van der Waals surface area contributed by atoms with Gasteiger partial charge in [0.2, 0.25) is 0 Å². The van der Waals surface area contributed by atoms with Crippen LogP contribution in [0.3, 0.4) is 0 Å². The lowest BCUT2D eigenvalue weighted by molar-refractivity contribution is -0.113. The number of imidazole rings is 1. The van der Waals surface area contributed by atoms with Gasteiger partial charge in [0, 0.05) is 22.5 Å². The van der Waals surface area contributed by atoms with E-state index in [2.05, 4.69) is 26.4 Å². The summed E-state index contributed by atoms with van der Waals surface area (Å²) in [6, 6.07) is 23.6. The number of rotatable bonds is 8. The largest absolute Gasteiger partial charge is 0.362 e. The fourth-order valence-electron chi connectivity index (χ4n) is 4.85. The highest BCUT2D eigenvalue weighted by Crippen LogP contribution is 2.41. The maximum atomic E-state index is 14.0. The summed E-state index contributed by atoms with van der Waals surface area (Å²) in [5, 5.41) is 10.6. The first-order valence-electron chi connectivity index (χ1n) is 13.0. The van der Waals surface area contributed by atoms with Crippen molar-refractivity contribution in [2.75, 3.05) is 22.3 Å². The number of nitrogens with one attached hydrogen (secondary N) is 4. The summed E-state index contributed by atoms with van der Waals surface area (Å²) < 4.78 is 1.81. The quantitative estimate of drug-likeness (QED) is 0.155. The molecule has 1 aliphatic rings. The Morgan fingerprint density at radius 3 is 1.81 bits per heavy atom. The molecule has 4 N–H and O–H groups in total. The van der Waals surface area contributed by atoms with Gasteiger partial charge in [-0.25, -0.2) is 9.66 Å². The number of halogens is 2. The van der Waals surface area contributed by atoms with Crippen LogP contribution in [-0.2, 0) is 9.59 Å². The topological polar surface area (TPSA) is 100 Å². The van der Waals surface area contributed by atoms with Crippen molar-refractivity contribution in [1.29, 1.82) is 0 Å². The third-order valence-electron chi connectivity index (χ3n) is 6.74. The number of carbonyl (C=O) groups excluding carboxylic acids is 2. The highest BCUT2D eigenvalue weighted by atomic mass is 35.5. The Kier molecular flexibility index (Phi) is 8.91. The minimum Gasteiger partial charge on any atom is -0.362 e. The summed E-state index contributed by atoms with van der Waals surface area (Å²) in [6.07, 6.45) is 3.60. The average Bonchev–Trinajstić information content (AvgIpc) is 3.37. The van der Waals surface area contributed by atoms with Gasteiger partial charge in [-0.2, -0.15) is 0 Å². The first kappa shape index (κ1) is 29.3. The third-order valence-corrected chi connectivity index (χ3v) is 8.06. The van der Waals surface area contributed by atoms with E-state index >= 15 is 0 Å². The number of para-hydroxylation sites is 3. The van der Waals surface area contributed by atoms with Crippen molar-refractivity contribution in [3.05, 3.63) is 123 Å². The predicted molar refractivity (Wildman–Crippen MR) is 171 cm³/mol. The molecule has 2 amide bonds. The molecule has 2 heterocycles. The molecule has 0 bridgehead atoms. The monoisotopic (exact) mass is 618 g/mol. The molecule has 3 aromatic carbocycles. The summed E-state index contributed by atoms with van der Waals surface area (Å²) in [7, 11) is 0. The molecule has 1 aromatic heterocycles. The number of hydrogen-bond acceptors (Lipinski definition) is 6. The van der Waals surface area contributed by atoms with Crippen molar-refractivity contribution in [3.63, 3.8) is 0 Å². The van der Waals surface area contributed by atoms with Gasteiger partial charge in [0.25, 0.3) is 11.8 Å². The first-order valence-corrected chi connectivity index (χ1v) is 15.0. The lowest BCUT2D eigenvalue weighted by atomic mass is 9.82. The van der Waals surface area contributed by atoms with Crippen LogP contribution in [-0.4, -0.2) is 27.7 Å². The molecule has 4 aromatic rings. The zero-order chi connectivity index (χ0) is 29.8. The second kappa shape index (κ2) is 12.8. The summed E-state index contributed by atoms with van der Waals surface area (Å²) in [5.74, 6) is -1.64. The van der Waals surface area contributed by atoms with Crippen molar-refractivity contribution < 1.29 is 9.59 Å². The number of carbonyl (C=O) groups is 2. The number of nitrogens with zero attached hydrogens (tertiary/aromatic N) is 2. The molecule has 0 fully saturated rings. The molecular formula is C31H28Cl2N6O2S. The smallest absolute Gasteiger partial charge is 0.254 e. The molecular weight excluding hydrogens is 591 g/mol. The predicted octanol–water partition coefficient (Wildman–Crippen LogP) is 7.30. The van der Waals surface area contributed by atoms with Gasteiger partial charge in [0.15, 0.2) is 5.16 Å². The van der Waals surface area contributed by atoms with Crippen LogP contribution >= 0.6 is 35.0 Å². The molecule has 0 aliphatic carbocycles. The molecule has 0 saturated carbocycles. The lowest BCUT2D eigenvalue weighted by Gasteiger charge is -2.32. The second-order valence-corrected chi connectivity index (χ2v) is 11.1. The average molecular weight is 620 g/mol. The molecule has 214 valence electrons. The number of amides is 2. The number of hydrogen-bond donors (Lipinski definition) is 4. The molecule has 0 unspecified atom stereocenters. The van der Waals surface area contributed by atoms with Crippen LogP contribution in [0.5, 0.6) is 0 Å². The van der Waals surface area contributed by atoms with E-state index in [9.17, 15) is 9.59 Å². The van der Waals surface area contributed by atoms with Crippen LogP contribution in [0.2, 0.25) is 10.0 Å². The second-order valence-electron chi connectivity index (χ2n) is 9.49.